The first-order valence-electron chi connectivity index (χ1n) is 9.63. The molecule has 1 atom stereocenters. The highest BCUT2D eigenvalue weighted by Gasteiger charge is 2.25. The van der Waals surface area contributed by atoms with Crippen molar-refractivity contribution in [3.05, 3.63) is 83.9 Å². The largest absolute Gasteiger partial charge is 0.338 e. The van der Waals surface area contributed by atoms with Crippen molar-refractivity contribution in [3.63, 3.8) is 0 Å². The van der Waals surface area contributed by atoms with E-state index in [2.05, 4.69) is 10.3 Å². The number of amides is 1. The second-order valence-electron chi connectivity index (χ2n) is 7.36. The number of hydrogen-bond donors (Lipinski definition) is 1. The van der Waals surface area contributed by atoms with Gasteiger partial charge in [0.25, 0.3) is 5.91 Å². The fraction of sp³-hybridized carbons (Fsp3) is 0.273. The summed E-state index contributed by atoms with van der Waals surface area (Å²) >= 11 is 0. The molecule has 0 fully saturated rings. The van der Waals surface area contributed by atoms with E-state index < -0.39 is 16.1 Å². The van der Waals surface area contributed by atoms with E-state index in [0.29, 0.717) is 5.82 Å². The summed E-state index contributed by atoms with van der Waals surface area (Å²) in [4.78, 5) is 17.5. The van der Waals surface area contributed by atoms with Crippen LogP contribution in [0.15, 0.2) is 71.9 Å². The zero-order valence-electron chi connectivity index (χ0n) is 17.5. The summed E-state index contributed by atoms with van der Waals surface area (Å²) in [7, 11) is -0.300. The second kappa shape index (κ2) is 8.81. The van der Waals surface area contributed by atoms with Gasteiger partial charge in [-0.3, -0.25) is 4.79 Å². The Hall–Kier alpha value is -2.97. The van der Waals surface area contributed by atoms with Crippen LogP contribution in [0.5, 0.6) is 0 Å². The molecular weight excluding hydrogens is 400 g/mol. The van der Waals surface area contributed by atoms with E-state index in [0.717, 1.165) is 5.56 Å². The van der Waals surface area contributed by atoms with Gasteiger partial charge in [-0.1, -0.05) is 36.4 Å². The van der Waals surface area contributed by atoms with Gasteiger partial charge in [-0.2, -0.15) is 4.31 Å². The number of carbonyl (C=O) groups is 1. The van der Waals surface area contributed by atoms with Crippen molar-refractivity contribution >= 4 is 15.9 Å². The lowest BCUT2D eigenvalue weighted by Crippen LogP contribution is -2.33. The molecule has 7 nitrogen and oxygen atoms in total. The molecule has 0 saturated heterocycles. The minimum Gasteiger partial charge on any atom is -0.338 e. The first kappa shape index (κ1) is 21.7. The Labute approximate surface area is 177 Å². The van der Waals surface area contributed by atoms with Gasteiger partial charge in [0.1, 0.15) is 11.9 Å². The number of aromatic nitrogens is 2. The number of nitrogens with zero attached hydrogens (tertiary/aromatic N) is 3. The average molecular weight is 427 g/mol. The van der Waals surface area contributed by atoms with E-state index >= 15 is 0 Å². The van der Waals surface area contributed by atoms with Gasteiger partial charge in [-0.05, 0) is 37.6 Å². The SMILES string of the molecule is CC(C)N(C)S(=O)(=O)c1cccc(C(=O)NC(c2ccccc2)c2nccn2C)c1. The summed E-state index contributed by atoms with van der Waals surface area (Å²) in [5, 5.41) is 2.99. The third-order valence-electron chi connectivity index (χ3n) is 5.03. The molecule has 0 saturated carbocycles. The van der Waals surface area contributed by atoms with Crippen LogP contribution < -0.4 is 5.32 Å². The Kier molecular flexibility index (Phi) is 6.38. The summed E-state index contributed by atoms with van der Waals surface area (Å²) in [6.07, 6.45) is 3.48. The molecule has 1 unspecified atom stereocenters. The van der Waals surface area contributed by atoms with Crippen molar-refractivity contribution in [3.8, 4) is 0 Å². The Balaban J connectivity index is 1.93. The minimum atomic E-state index is -3.69. The molecule has 3 rings (SSSR count). The highest BCUT2D eigenvalue weighted by molar-refractivity contribution is 7.89. The van der Waals surface area contributed by atoms with E-state index in [1.165, 1.54) is 23.5 Å². The molecule has 1 aromatic heterocycles. The van der Waals surface area contributed by atoms with E-state index in [-0.39, 0.29) is 22.4 Å². The predicted octanol–water partition coefficient (Wildman–Crippen LogP) is 2.97. The zero-order valence-corrected chi connectivity index (χ0v) is 18.3. The average Bonchev–Trinajstić information content (AvgIpc) is 3.17. The van der Waals surface area contributed by atoms with E-state index in [4.69, 9.17) is 0 Å². The zero-order chi connectivity index (χ0) is 21.9. The molecule has 30 heavy (non-hydrogen) atoms. The Bertz CT molecular complexity index is 1120. The molecule has 0 bridgehead atoms. The third kappa shape index (κ3) is 4.44. The number of sulfonamides is 1. The van der Waals surface area contributed by atoms with Crippen LogP contribution in [-0.4, -0.2) is 41.3 Å². The van der Waals surface area contributed by atoms with Crippen LogP contribution in [0, 0.1) is 0 Å². The van der Waals surface area contributed by atoms with Crippen LogP contribution in [0.4, 0.5) is 0 Å². The van der Waals surface area contributed by atoms with E-state index in [1.54, 1.807) is 32.2 Å². The lowest BCUT2D eigenvalue weighted by Gasteiger charge is -2.22. The molecule has 3 aromatic rings. The highest BCUT2D eigenvalue weighted by atomic mass is 32.2. The fourth-order valence-corrected chi connectivity index (χ4v) is 4.47. The number of nitrogens with one attached hydrogen (secondary N) is 1. The third-order valence-corrected chi connectivity index (χ3v) is 7.05. The maximum absolute atomic E-state index is 13.1. The first-order valence-corrected chi connectivity index (χ1v) is 11.1. The quantitative estimate of drug-likeness (QED) is 0.630. The number of rotatable bonds is 7. The summed E-state index contributed by atoms with van der Waals surface area (Å²) in [6, 6.07) is 14.9. The second-order valence-corrected chi connectivity index (χ2v) is 9.35. The standard InChI is InChI=1S/C22H26N4O3S/c1-16(2)26(4)30(28,29)19-12-8-11-18(15-19)22(27)24-20(17-9-6-5-7-10-17)21-23-13-14-25(21)3/h5-16,20H,1-4H3,(H,24,27). The summed E-state index contributed by atoms with van der Waals surface area (Å²) in [5.74, 6) is 0.300. The van der Waals surface area contributed by atoms with Crippen LogP contribution in [-0.2, 0) is 17.1 Å². The molecular formula is C22H26N4O3S. The van der Waals surface area contributed by atoms with Crippen molar-refractivity contribution in [2.45, 2.75) is 30.8 Å². The minimum absolute atomic E-state index is 0.0830. The van der Waals surface area contributed by atoms with Crippen molar-refractivity contribution in [2.75, 3.05) is 7.05 Å². The smallest absolute Gasteiger partial charge is 0.252 e. The molecule has 0 aliphatic heterocycles. The maximum Gasteiger partial charge on any atom is 0.252 e. The molecule has 0 aliphatic rings. The van der Waals surface area contributed by atoms with Gasteiger partial charge < -0.3 is 9.88 Å². The molecule has 1 heterocycles. The number of hydrogen-bond acceptors (Lipinski definition) is 4. The molecule has 0 radical (unpaired) electrons. The number of imidazole rings is 1. The van der Waals surface area contributed by atoms with Crippen molar-refractivity contribution < 1.29 is 13.2 Å². The van der Waals surface area contributed by atoms with Crippen molar-refractivity contribution in [2.24, 2.45) is 7.05 Å². The van der Waals surface area contributed by atoms with Gasteiger partial charge in [-0.15, -0.1) is 0 Å². The van der Waals surface area contributed by atoms with Crippen molar-refractivity contribution in [1.82, 2.24) is 19.2 Å². The first-order chi connectivity index (χ1) is 14.2. The summed E-state index contributed by atoms with van der Waals surface area (Å²) < 4.78 is 28.7. The van der Waals surface area contributed by atoms with Gasteiger partial charge in [-0.25, -0.2) is 13.4 Å². The monoisotopic (exact) mass is 426 g/mol. The van der Waals surface area contributed by atoms with Crippen LogP contribution in [0.3, 0.4) is 0 Å². The Morgan fingerprint density at radius 1 is 1.10 bits per heavy atom. The van der Waals surface area contributed by atoms with Crippen LogP contribution >= 0.6 is 0 Å². The maximum atomic E-state index is 13.1. The summed E-state index contributed by atoms with van der Waals surface area (Å²) in [6.45, 7) is 3.59. The number of carbonyl (C=O) groups excluding carboxylic acids is 1. The number of benzene rings is 2. The Morgan fingerprint density at radius 3 is 2.40 bits per heavy atom. The Morgan fingerprint density at radius 2 is 1.80 bits per heavy atom. The van der Waals surface area contributed by atoms with E-state index in [9.17, 15) is 13.2 Å². The molecule has 1 amide bonds. The molecule has 2 aromatic carbocycles. The van der Waals surface area contributed by atoms with Crippen LogP contribution in [0.25, 0.3) is 0 Å². The molecule has 158 valence electrons. The molecule has 0 aliphatic carbocycles. The number of aryl methyl sites for hydroxylation is 1. The highest BCUT2D eigenvalue weighted by Crippen LogP contribution is 2.22. The van der Waals surface area contributed by atoms with Crippen LogP contribution in [0.2, 0.25) is 0 Å². The van der Waals surface area contributed by atoms with Crippen molar-refractivity contribution in [1.29, 1.82) is 0 Å². The lowest BCUT2D eigenvalue weighted by molar-refractivity contribution is 0.0941. The van der Waals surface area contributed by atoms with Gasteiger partial charge in [0.15, 0.2) is 0 Å². The normalized spacial score (nSPS) is 12.9. The van der Waals surface area contributed by atoms with Gasteiger partial charge in [0, 0.05) is 38.1 Å². The van der Waals surface area contributed by atoms with Gasteiger partial charge in [0.2, 0.25) is 10.0 Å². The molecule has 1 N–H and O–H groups in total. The molecule has 0 spiro atoms. The fourth-order valence-electron chi connectivity index (χ4n) is 3.05. The molecule has 8 heteroatoms. The predicted molar refractivity (Wildman–Crippen MR) is 115 cm³/mol. The topological polar surface area (TPSA) is 84.3 Å². The summed E-state index contributed by atoms with van der Waals surface area (Å²) in [5.41, 5.74) is 1.15. The van der Waals surface area contributed by atoms with Gasteiger partial charge in [0.05, 0.1) is 4.90 Å². The van der Waals surface area contributed by atoms with Crippen LogP contribution in [0.1, 0.15) is 41.6 Å². The lowest BCUT2D eigenvalue weighted by atomic mass is 10.1. The van der Waals surface area contributed by atoms with E-state index in [1.807, 2.05) is 48.1 Å². The van der Waals surface area contributed by atoms with Gasteiger partial charge >= 0.3 is 0 Å².